The van der Waals surface area contributed by atoms with E-state index in [0.717, 1.165) is 51.4 Å². The first-order chi connectivity index (χ1) is 36.8. The van der Waals surface area contributed by atoms with Crippen LogP contribution in [0.5, 0.6) is 0 Å². The summed E-state index contributed by atoms with van der Waals surface area (Å²) in [6.45, 7) is 1.77. The largest absolute Gasteiger partial charge is 0.394 e. The third kappa shape index (κ3) is 25.5. The summed E-state index contributed by atoms with van der Waals surface area (Å²) in [5, 5.41) is 120. The molecule has 0 spiro atoms. The predicted octanol–water partition coefficient (Wildman–Crippen LogP) is 4.99. The molecular weight excluding hydrogens is 987 g/mol. The molecule has 0 aromatic rings. The van der Waals surface area contributed by atoms with Crippen molar-refractivity contribution in [3.8, 4) is 0 Å². The Morgan fingerprint density at radius 1 is 0.461 bits per heavy atom. The van der Waals surface area contributed by atoms with Crippen LogP contribution in [0.25, 0.3) is 0 Å². The van der Waals surface area contributed by atoms with Crippen LogP contribution in [-0.2, 0) is 33.2 Å². The van der Waals surface area contributed by atoms with Crippen molar-refractivity contribution in [2.45, 2.75) is 317 Å². The zero-order chi connectivity index (χ0) is 55.5. The Hall–Kier alpha value is -1.47. The molecule has 448 valence electrons. The molecular formula is C57H107NO18. The topological polar surface area (TPSA) is 307 Å². The van der Waals surface area contributed by atoms with E-state index in [0.29, 0.717) is 12.8 Å². The van der Waals surface area contributed by atoms with Gasteiger partial charge < -0.3 is 89.9 Å². The van der Waals surface area contributed by atoms with Crippen LogP contribution in [0.1, 0.15) is 213 Å². The second-order valence-corrected chi connectivity index (χ2v) is 21.8. The van der Waals surface area contributed by atoms with Crippen LogP contribution in [0, 0.1) is 0 Å². The molecule has 17 unspecified atom stereocenters. The van der Waals surface area contributed by atoms with Gasteiger partial charge in [-0.05, 0) is 38.5 Å². The monoisotopic (exact) mass is 1090 g/mol. The van der Waals surface area contributed by atoms with E-state index in [1.165, 1.54) is 128 Å². The lowest BCUT2D eigenvalue weighted by Crippen LogP contribution is -2.66. The molecule has 0 saturated carbocycles. The minimum Gasteiger partial charge on any atom is -0.394 e. The number of carbonyl (C=O) groups excluding carboxylic acids is 1. The van der Waals surface area contributed by atoms with Gasteiger partial charge in [0.2, 0.25) is 5.91 Å². The van der Waals surface area contributed by atoms with Crippen molar-refractivity contribution in [3.05, 3.63) is 12.2 Å². The summed E-state index contributed by atoms with van der Waals surface area (Å²) in [6, 6.07) is -0.883. The quantitative estimate of drug-likeness (QED) is 0.0283. The van der Waals surface area contributed by atoms with Crippen molar-refractivity contribution in [3.63, 3.8) is 0 Å². The molecule has 3 saturated heterocycles. The fourth-order valence-corrected chi connectivity index (χ4v) is 10.4. The number of aliphatic hydroxyl groups excluding tert-OH is 11. The van der Waals surface area contributed by atoms with E-state index in [2.05, 4.69) is 31.3 Å². The Morgan fingerprint density at radius 2 is 0.829 bits per heavy atom. The van der Waals surface area contributed by atoms with Crippen LogP contribution in [0.2, 0.25) is 0 Å². The highest BCUT2D eigenvalue weighted by atomic mass is 16.8. The molecule has 17 atom stereocenters. The first-order valence-electron chi connectivity index (χ1n) is 29.9. The molecule has 19 nitrogen and oxygen atoms in total. The lowest BCUT2D eigenvalue weighted by molar-refractivity contribution is -0.379. The average molecular weight is 1090 g/mol. The smallest absolute Gasteiger partial charge is 0.220 e. The molecule has 19 heteroatoms. The highest BCUT2D eigenvalue weighted by molar-refractivity contribution is 5.76. The zero-order valence-electron chi connectivity index (χ0n) is 46.5. The van der Waals surface area contributed by atoms with E-state index in [4.69, 9.17) is 28.4 Å². The highest BCUT2D eigenvalue weighted by Crippen LogP contribution is 2.33. The summed E-state index contributed by atoms with van der Waals surface area (Å²) in [4.78, 5) is 13.3. The number of allylic oxidation sites excluding steroid dienone is 2. The molecule has 3 rings (SSSR count). The molecule has 3 aliphatic rings. The van der Waals surface area contributed by atoms with Crippen molar-refractivity contribution >= 4 is 5.91 Å². The van der Waals surface area contributed by atoms with Crippen LogP contribution in [0.4, 0.5) is 0 Å². The molecule has 0 aliphatic carbocycles. The van der Waals surface area contributed by atoms with Gasteiger partial charge in [-0.2, -0.15) is 0 Å². The maximum Gasteiger partial charge on any atom is 0.220 e. The molecule has 1 amide bonds. The van der Waals surface area contributed by atoms with E-state index >= 15 is 0 Å². The molecule has 0 aromatic carbocycles. The highest BCUT2D eigenvalue weighted by Gasteiger charge is 2.53. The second-order valence-electron chi connectivity index (χ2n) is 21.8. The van der Waals surface area contributed by atoms with Crippen molar-refractivity contribution in [2.75, 3.05) is 26.4 Å². The molecule has 0 aromatic heterocycles. The summed E-state index contributed by atoms with van der Waals surface area (Å²) < 4.78 is 34.3. The number of hydrogen-bond acceptors (Lipinski definition) is 18. The van der Waals surface area contributed by atoms with Crippen LogP contribution >= 0.6 is 0 Å². The van der Waals surface area contributed by atoms with Gasteiger partial charge in [0.25, 0.3) is 0 Å². The maximum absolute atomic E-state index is 13.3. The Labute approximate surface area is 455 Å². The fourth-order valence-electron chi connectivity index (χ4n) is 10.4. The number of unbranched alkanes of at least 4 members (excludes halogenated alkanes) is 26. The summed E-state index contributed by atoms with van der Waals surface area (Å²) >= 11 is 0. The van der Waals surface area contributed by atoms with Gasteiger partial charge in [0.15, 0.2) is 18.9 Å². The van der Waals surface area contributed by atoms with Crippen molar-refractivity contribution < 1.29 is 89.4 Å². The standard InChI is InChI=1S/C57H107NO18/c1-3-5-7-9-11-13-15-17-18-19-20-21-22-23-25-27-29-31-33-35-45(63)58-40(41(62)34-32-30-28-26-24-16-14-12-10-8-6-4-2)39-71-55-51(69)48(66)53(43(37-60)73-55)76-57-52(70)49(67)54(44(38-61)74-57)75-56-50(68)47(65)46(64)42(36-59)72-56/h17-18,40-44,46-57,59-62,64-70H,3-16,19-39H2,1-2H3,(H,58,63)/b18-17-. The Balaban J connectivity index is 1.48. The van der Waals surface area contributed by atoms with Crippen LogP contribution in [-0.4, -0.2) is 193 Å². The van der Waals surface area contributed by atoms with Gasteiger partial charge in [0.05, 0.1) is 38.6 Å². The SMILES string of the molecule is CCCCCCCC/C=C\CCCCCCCCCCCC(=O)NC(COC1OC(CO)C(OC2OC(CO)C(OC3OC(CO)C(O)C(O)C3O)C(O)C2O)C(O)C1O)C(O)CCCCCCCCCCCCCC. The summed E-state index contributed by atoms with van der Waals surface area (Å²) in [7, 11) is 0. The van der Waals surface area contributed by atoms with E-state index in [-0.39, 0.29) is 18.9 Å². The molecule has 76 heavy (non-hydrogen) atoms. The second kappa shape index (κ2) is 41.5. The average Bonchev–Trinajstić information content (AvgIpc) is 3.42. The number of nitrogens with one attached hydrogen (secondary N) is 1. The first-order valence-corrected chi connectivity index (χ1v) is 29.9. The van der Waals surface area contributed by atoms with Crippen LogP contribution in [0.15, 0.2) is 12.2 Å². The van der Waals surface area contributed by atoms with E-state index in [1.54, 1.807) is 0 Å². The maximum atomic E-state index is 13.3. The van der Waals surface area contributed by atoms with Gasteiger partial charge in [-0.3, -0.25) is 4.79 Å². The van der Waals surface area contributed by atoms with Crippen LogP contribution in [0.3, 0.4) is 0 Å². The lowest BCUT2D eigenvalue weighted by atomic mass is 9.96. The molecule has 12 N–H and O–H groups in total. The summed E-state index contributed by atoms with van der Waals surface area (Å²) in [5.41, 5.74) is 0. The number of rotatable bonds is 44. The van der Waals surface area contributed by atoms with E-state index in [9.17, 15) is 61.0 Å². The number of aliphatic hydroxyl groups is 11. The molecule has 3 heterocycles. The molecule has 0 bridgehead atoms. The molecule has 3 aliphatic heterocycles. The predicted molar refractivity (Wildman–Crippen MR) is 287 cm³/mol. The Morgan fingerprint density at radius 3 is 1.28 bits per heavy atom. The van der Waals surface area contributed by atoms with Crippen LogP contribution < -0.4 is 5.32 Å². The van der Waals surface area contributed by atoms with Gasteiger partial charge in [0, 0.05) is 6.42 Å². The van der Waals surface area contributed by atoms with Gasteiger partial charge >= 0.3 is 0 Å². The number of hydrogen-bond donors (Lipinski definition) is 12. The molecule has 0 radical (unpaired) electrons. The minimum absolute atomic E-state index is 0.245. The van der Waals surface area contributed by atoms with Crippen molar-refractivity contribution in [1.82, 2.24) is 5.32 Å². The van der Waals surface area contributed by atoms with Crippen molar-refractivity contribution in [1.29, 1.82) is 0 Å². The van der Waals surface area contributed by atoms with E-state index < -0.39 is 124 Å². The van der Waals surface area contributed by atoms with Crippen molar-refractivity contribution in [2.24, 2.45) is 0 Å². The van der Waals surface area contributed by atoms with E-state index in [1.807, 2.05) is 0 Å². The zero-order valence-corrected chi connectivity index (χ0v) is 46.5. The summed E-state index contributed by atoms with van der Waals surface area (Å²) in [5.74, 6) is -0.245. The third-order valence-corrected chi connectivity index (χ3v) is 15.3. The first kappa shape index (κ1) is 68.8. The fraction of sp³-hybridized carbons (Fsp3) is 0.947. The van der Waals surface area contributed by atoms with Gasteiger partial charge in [0.1, 0.15) is 73.2 Å². The third-order valence-electron chi connectivity index (χ3n) is 15.3. The minimum atomic E-state index is -1.97. The summed E-state index contributed by atoms with van der Waals surface area (Å²) in [6.07, 6.45) is 13.0. The Bertz CT molecular complexity index is 1450. The normalized spacial score (nSPS) is 31.0. The van der Waals surface area contributed by atoms with Gasteiger partial charge in [-0.1, -0.05) is 180 Å². The molecule has 3 fully saturated rings. The number of carbonyl (C=O) groups is 1. The van der Waals surface area contributed by atoms with Gasteiger partial charge in [-0.15, -0.1) is 0 Å². The number of ether oxygens (including phenoxy) is 6. The lowest BCUT2D eigenvalue weighted by Gasteiger charge is -2.48. The van der Waals surface area contributed by atoms with Gasteiger partial charge in [-0.25, -0.2) is 0 Å². The Kier molecular flexibility index (Phi) is 37.6. The number of amides is 1.